The quantitative estimate of drug-likeness (QED) is 0.510. The monoisotopic (exact) mass is 392 g/mol. The fraction of sp³-hybridized carbons (Fsp3) is 0.143. The first kappa shape index (κ1) is 14.0. The lowest BCUT2D eigenvalue weighted by molar-refractivity contribution is 0.410. The maximum absolute atomic E-state index is 6.55. The van der Waals surface area contributed by atoms with Crippen molar-refractivity contribution in [1.29, 1.82) is 0 Å². The van der Waals surface area contributed by atoms with Gasteiger partial charge in [-0.1, -0.05) is 29.8 Å². The number of ether oxygens (including phenoxy) is 1. The van der Waals surface area contributed by atoms with Crippen LogP contribution in [-0.2, 0) is 0 Å². The Hall–Kier alpha value is -0.450. The van der Waals surface area contributed by atoms with Gasteiger partial charge in [0.1, 0.15) is 5.75 Å². The van der Waals surface area contributed by atoms with Crippen molar-refractivity contribution < 1.29 is 4.74 Å². The summed E-state index contributed by atoms with van der Waals surface area (Å²) in [5, 5.41) is 0.383. The zero-order valence-electron chi connectivity index (χ0n) is 9.66. The van der Waals surface area contributed by atoms with E-state index in [-0.39, 0.29) is 5.38 Å². The van der Waals surface area contributed by atoms with Gasteiger partial charge in [0, 0.05) is 14.2 Å². The topological polar surface area (TPSA) is 9.23 Å². The van der Waals surface area contributed by atoms with Crippen LogP contribution in [0.25, 0.3) is 0 Å². The van der Waals surface area contributed by atoms with E-state index in [0.29, 0.717) is 5.02 Å². The number of alkyl halides is 1. The van der Waals surface area contributed by atoms with Gasteiger partial charge < -0.3 is 4.74 Å². The summed E-state index contributed by atoms with van der Waals surface area (Å²) in [4.78, 5) is 0. The third kappa shape index (κ3) is 2.92. The van der Waals surface area contributed by atoms with Crippen LogP contribution in [0.3, 0.4) is 0 Å². The second kappa shape index (κ2) is 6.13. The Kier molecular flexibility index (Phi) is 4.76. The van der Waals surface area contributed by atoms with Gasteiger partial charge in [-0.15, -0.1) is 11.6 Å². The minimum atomic E-state index is -0.272. The minimum Gasteiger partial charge on any atom is -0.496 e. The average molecular weight is 393 g/mol. The van der Waals surface area contributed by atoms with Crippen LogP contribution in [-0.4, -0.2) is 7.11 Å². The van der Waals surface area contributed by atoms with Crippen molar-refractivity contribution in [3.8, 4) is 5.75 Å². The molecule has 0 N–H and O–H groups in total. The Morgan fingerprint density at radius 3 is 2.50 bits per heavy atom. The van der Waals surface area contributed by atoms with E-state index in [1.807, 2.05) is 36.4 Å². The molecule has 0 heterocycles. The Morgan fingerprint density at radius 2 is 1.83 bits per heavy atom. The average Bonchev–Trinajstić information content (AvgIpc) is 2.38. The van der Waals surface area contributed by atoms with Crippen LogP contribution in [0, 0.1) is 3.57 Å². The molecule has 0 aliphatic heterocycles. The van der Waals surface area contributed by atoms with Crippen molar-refractivity contribution in [3.05, 3.63) is 62.2 Å². The highest BCUT2D eigenvalue weighted by atomic mass is 127. The van der Waals surface area contributed by atoms with Crippen molar-refractivity contribution in [2.45, 2.75) is 5.38 Å². The number of hydrogen-bond acceptors (Lipinski definition) is 1. The number of halogens is 3. The summed E-state index contributed by atoms with van der Waals surface area (Å²) < 4.78 is 6.46. The smallest absolute Gasteiger partial charge is 0.123 e. The molecule has 1 nitrogen and oxygen atoms in total. The highest BCUT2D eigenvalue weighted by Gasteiger charge is 2.18. The van der Waals surface area contributed by atoms with Crippen molar-refractivity contribution in [1.82, 2.24) is 0 Å². The lowest BCUT2D eigenvalue weighted by Gasteiger charge is -2.16. The SMILES string of the molecule is COc1ccc(Cl)cc1C(Cl)c1ccccc1I. The molecule has 0 fully saturated rings. The fourth-order valence-corrected chi connectivity index (χ4v) is 3.18. The first-order chi connectivity index (χ1) is 8.63. The van der Waals surface area contributed by atoms with Crippen molar-refractivity contribution in [3.63, 3.8) is 0 Å². The van der Waals surface area contributed by atoms with Gasteiger partial charge in [0.25, 0.3) is 0 Å². The molecule has 0 bridgehead atoms. The van der Waals surface area contributed by atoms with Gasteiger partial charge in [0.05, 0.1) is 12.5 Å². The van der Waals surface area contributed by atoms with Gasteiger partial charge in [-0.2, -0.15) is 0 Å². The van der Waals surface area contributed by atoms with E-state index in [1.54, 1.807) is 13.2 Å². The Labute approximate surface area is 130 Å². The largest absolute Gasteiger partial charge is 0.496 e. The zero-order valence-corrected chi connectivity index (χ0v) is 13.3. The van der Waals surface area contributed by atoms with Crippen LogP contribution in [0.2, 0.25) is 5.02 Å². The van der Waals surface area contributed by atoms with Crippen LogP contribution in [0.1, 0.15) is 16.5 Å². The summed E-state index contributed by atoms with van der Waals surface area (Å²) in [6.45, 7) is 0. The van der Waals surface area contributed by atoms with Crippen molar-refractivity contribution in [2.24, 2.45) is 0 Å². The molecule has 0 amide bonds. The molecule has 2 aromatic rings. The minimum absolute atomic E-state index is 0.272. The van der Waals surface area contributed by atoms with E-state index >= 15 is 0 Å². The summed E-state index contributed by atoms with van der Waals surface area (Å²) in [7, 11) is 1.63. The molecule has 0 aromatic heterocycles. The van der Waals surface area contributed by atoms with E-state index < -0.39 is 0 Å². The molecule has 0 saturated carbocycles. The van der Waals surface area contributed by atoms with Crippen LogP contribution in [0.4, 0.5) is 0 Å². The molecule has 0 spiro atoms. The normalized spacial score (nSPS) is 12.2. The van der Waals surface area contributed by atoms with Crippen LogP contribution in [0.5, 0.6) is 5.75 Å². The lowest BCUT2D eigenvalue weighted by atomic mass is 10.0. The Bertz CT molecular complexity index is 557. The van der Waals surface area contributed by atoms with Crippen molar-refractivity contribution in [2.75, 3.05) is 7.11 Å². The number of benzene rings is 2. The molecular formula is C14H11Cl2IO. The Balaban J connectivity index is 2.48. The van der Waals surface area contributed by atoms with Crippen LogP contribution in [0.15, 0.2) is 42.5 Å². The van der Waals surface area contributed by atoms with Gasteiger partial charge in [0.15, 0.2) is 0 Å². The molecule has 1 unspecified atom stereocenters. The standard InChI is InChI=1S/C14H11Cl2IO/c1-18-13-7-6-9(15)8-11(13)14(16)10-4-2-3-5-12(10)17/h2-8,14H,1H3. The highest BCUT2D eigenvalue weighted by Crippen LogP contribution is 2.38. The number of methoxy groups -OCH3 is 1. The first-order valence-corrected chi connectivity index (χ1v) is 7.24. The summed E-state index contributed by atoms with van der Waals surface area (Å²) in [6, 6.07) is 13.5. The molecule has 0 saturated heterocycles. The van der Waals surface area contributed by atoms with Gasteiger partial charge in [0.2, 0.25) is 0 Å². The molecule has 0 radical (unpaired) electrons. The summed E-state index contributed by atoms with van der Waals surface area (Å²) in [5.74, 6) is 0.749. The first-order valence-electron chi connectivity index (χ1n) is 5.35. The van der Waals surface area contributed by atoms with E-state index in [1.165, 1.54) is 0 Å². The second-order valence-corrected chi connectivity index (χ2v) is 5.81. The fourth-order valence-electron chi connectivity index (χ4n) is 1.75. The van der Waals surface area contributed by atoms with E-state index in [4.69, 9.17) is 27.9 Å². The molecule has 0 aliphatic rings. The third-order valence-corrected chi connectivity index (χ3v) is 4.33. The predicted octanol–water partition coefficient (Wildman–Crippen LogP) is 5.28. The molecular weight excluding hydrogens is 382 g/mol. The van der Waals surface area contributed by atoms with Crippen LogP contribution >= 0.6 is 45.8 Å². The molecule has 94 valence electrons. The summed E-state index contributed by atoms with van der Waals surface area (Å²) in [5.41, 5.74) is 1.94. The summed E-state index contributed by atoms with van der Waals surface area (Å²) >= 11 is 14.9. The van der Waals surface area contributed by atoms with E-state index in [0.717, 1.165) is 20.4 Å². The molecule has 0 aliphatic carbocycles. The third-order valence-electron chi connectivity index (χ3n) is 2.64. The van der Waals surface area contributed by atoms with E-state index in [2.05, 4.69) is 22.6 Å². The van der Waals surface area contributed by atoms with E-state index in [9.17, 15) is 0 Å². The van der Waals surface area contributed by atoms with Gasteiger partial charge in [-0.05, 0) is 52.4 Å². The van der Waals surface area contributed by atoms with Gasteiger partial charge in [-0.25, -0.2) is 0 Å². The highest BCUT2D eigenvalue weighted by molar-refractivity contribution is 14.1. The zero-order chi connectivity index (χ0) is 13.1. The number of hydrogen-bond donors (Lipinski definition) is 0. The maximum Gasteiger partial charge on any atom is 0.123 e. The Morgan fingerprint density at radius 1 is 1.11 bits per heavy atom. The number of rotatable bonds is 3. The van der Waals surface area contributed by atoms with Crippen LogP contribution < -0.4 is 4.74 Å². The molecule has 2 aromatic carbocycles. The second-order valence-electron chi connectivity index (χ2n) is 3.77. The molecule has 1 atom stereocenters. The molecule has 4 heteroatoms. The lowest BCUT2D eigenvalue weighted by Crippen LogP contribution is -1.99. The maximum atomic E-state index is 6.55. The van der Waals surface area contributed by atoms with Crippen molar-refractivity contribution >= 4 is 45.8 Å². The van der Waals surface area contributed by atoms with Gasteiger partial charge in [-0.3, -0.25) is 0 Å². The van der Waals surface area contributed by atoms with Gasteiger partial charge >= 0.3 is 0 Å². The molecule has 2 rings (SSSR count). The predicted molar refractivity (Wildman–Crippen MR) is 84.9 cm³/mol. The summed E-state index contributed by atoms with van der Waals surface area (Å²) in [6.07, 6.45) is 0. The molecule has 18 heavy (non-hydrogen) atoms.